The zero-order chi connectivity index (χ0) is 19.0. The van der Waals surface area contributed by atoms with Crippen molar-refractivity contribution in [2.45, 2.75) is 44.8 Å². The fourth-order valence-electron chi connectivity index (χ4n) is 3.97. The molecule has 4 nitrogen and oxygen atoms in total. The summed E-state index contributed by atoms with van der Waals surface area (Å²) in [6, 6.07) is 11.2. The molecule has 4 rings (SSSR count). The first-order valence-electron chi connectivity index (χ1n) is 9.40. The van der Waals surface area contributed by atoms with E-state index < -0.39 is 0 Å². The predicted octanol–water partition coefficient (Wildman–Crippen LogP) is 4.65. The molecule has 1 saturated carbocycles. The van der Waals surface area contributed by atoms with Crippen LogP contribution in [0.15, 0.2) is 42.6 Å². The van der Waals surface area contributed by atoms with Crippen molar-refractivity contribution in [2.75, 3.05) is 11.1 Å². The highest BCUT2D eigenvalue weighted by molar-refractivity contribution is 5.98. The maximum absolute atomic E-state index is 14.5. The summed E-state index contributed by atoms with van der Waals surface area (Å²) in [6.45, 7) is 1.92. The number of fused-ring (bicyclic) bond motifs is 1. The summed E-state index contributed by atoms with van der Waals surface area (Å²) in [4.78, 5) is 4.21. The number of anilines is 2. The fourth-order valence-corrected chi connectivity index (χ4v) is 3.97. The number of hydrogen-bond acceptors (Lipinski definition) is 4. The van der Waals surface area contributed by atoms with Gasteiger partial charge in [-0.25, -0.2) is 9.37 Å². The number of nitrogens with zero attached hydrogens (tertiary/aromatic N) is 1. The van der Waals surface area contributed by atoms with Gasteiger partial charge in [0.2, 0.25) is 0 Å². The number of aliphatic hydroxyl groups excluding tert-OH is 1. The minimum atomic E-state index is -0.232. The van der Waals surface area contributed by atoms with Crippen molar-refractivity contribution in [3.8, 4) is 11.1 Å². The summed E-state index contributed by atoms with van der Waals surface area (Å²) in [6.07, 6.45) is 4.95. The molecule has 1 aliphatic rings. The van der Waals surface area contributed by atoms with Gasteiger partial charge in [0.1, 0.15) is 11.6 Å². The monoisotopic (exact) mass is 365 g/mol. The third-order valence-electron chi connectivity index (χ3n) is 5.42. The van der Waals surface area contributed by atoms with E-state index >= 15 is 0 Å². The third kappa shape index (κ3) is 3.60. The second-order valence-electron chi connectivity index (χ2n) is 7.44. The van der Waals surface area contributed by atoms with Gasteiger partial charge in [-0.2, -0.15) is 0 Å². The van der Waals surface area contributed by atoms with E-state index in [1.807, 2.05) is 31.2 Å². The summed E-state index contributed by atoms with van der Waals surface area (Å²) in [5.41, 5.74) is 9.17. The van der Waals surface area contributed by atoms with Crippen LogP contribution in [0, 0.1) is 12.7 Å². The zero-order valence-electron chi connectivity index (χ0n) is 15.4. The van der Waals surface area contributed by atoms with E-state index in [-0.39, 0.29) is 18.0 Å². The van der Waals surface area contributed by atoms with Crippen LogP contribution in [0.3, 0.4) is 0 Å². The van der Waals surface area contributed by atoms with E-state index in [1.165, 1.54) is 6.07 Å². The summed E-state index contributed by atoms with van der Waals surface area (Å²) in [7, 11) is 0. The smallest absolute Gasteiger partial charge is 0.131 e. The SMILES string of the molecule is Cc1cccc(F)c1-c1cc(NC2CCC(O)CC2)c2cc(N)ncc2c1. The molecule has 27 heavy (non-hydrogen) atoms. The molecule has 3 aromatic rings. The van der Waals surface area contributed by atoms with Crippen molar-refractivity contribution in [3.63, 3.8) is 0 Å². The first-order chi connectivity index (χ1) is 13.0. The first kappa shape index (κ1) is 17.7. The molecule has 1 fully saturated rings. The minimum absolute atomic E-state index is 0.202. The molecule has 0 amide bonds. The van der Waals surface area contributed by atoms with Gasteiger partial charge in [0.05, 0.1) is 6.10 Å². The number of aliphatic hydroxyl groups is 1. The van der Waals surface area contributed by atoms with Gasteiger partial charge in [-0.1, -0.05) is 12.1 Å². The molecule has 1 aliphatic carbocycles. The van der Waals surface area contributed by atoms with Crippen molar-refractivity contribution in [1.82, 2.24) is 4.98 Å². The lowest BCUT2D eigenvalue weighted by molar-refractivity contribution is 0.126. The summed E-state index contributed by atoms with van der Waals surface area (Å²) >= 11 is 0. The number of aromatic nitrogens is 1. The van der Waals surface area contributed by atoms with E-state index in [0.717, 1.165) is 53.3 Å². The Morgan fingerprint density at radius 1 is 1.15 bits per heavy atom. The van der Waals surface area contributed by atoms with Crippen molar-refractivity contribution < 1.29 is 9.50 Å². The van der Waals surface area contributed by atoms with Gasteiger partial charge in [0.15, 0.2) is 0 Å². The quantitative estimate of drug-likeness (QED) is 0.632. The summed E-state index contributed by atoms with van der Waals surface area (Å²) < 4.78 is 14.5. The van der Waals surface area contributed by atoms with Gasteiger partial charge in [-0.05, 0) is 68.0 Å². The Hall–Kier alpha value is -2.66. The van der Waals surface area contributed by atoms with Gasteiger partial charge in [-0.3, -0.25) is 0 Å². The van der Waals surface area contributed by atoms with E-state index in [1.54, 1.807) is 12.3 Å². The molecule has 1 heterocycles. The average Bonchev–Trinajstić information content (AvgIpc) is 2.64. The topological polar surface area (TPSA) is 71.2 Å². The molecule has 4 N–H and O–H groups in total. The Bertz CT molecular complexity index is 960. The molecule has 140 valence electrons. The molecule has 2 aromatic carbocycles. The van der Waals surface area contributed by atoms with Gasteiger partial charge in [0, 0.05) is 34.3 Å². The molecule has 1 aromatic heterocycles. The van der Waals surface area contributed by atoms with Crippen LogP contribution < -0.4 is 11.1 Å². The van der Waals surface area contributed by atoms with E-state index in [4.69, 9.17) is 5.73 Å². The lowest BCUT2D eigenvalue weighted by Gasteiger charge is -2.28. The molecule has 0 saturated heterocycles. The molecule has 0 spiro atoms. The van der Waals surface area contributed by atoms with E-state index in [9.17, 15) is 9.50 Å². The number of benzene rings is 2. The van der Waals surface area contributed by atoms with Gasteiger partial charge in [-0.15, -0.1) is 0 Å². The number of nitrogens with one attached hydrogen (secondary N) is 1. The van der Waals surface area contributed by atoms with Crippen LogP contribution in [0.2, 0.25) is 0 Å². The number of nitrogens with two attached hydrogens (primary N) is 1. The predicted molar refractivity (Wildman–Crippen MR) is 108 cm³/mol. The van der Waals surface area contributed by atoms with Crippen LogP contribution in [0.1, 0.15) is 31.2 Å². The van der Waals surface area contributed by atoms with Crippen LogP contribution in [-0.2, 0) is 0 Å². The normalized spacial score (nSPS) is 20.0. The van der Waals surface area contributed by atoms with Crippen molar-refractivity contribution in [1.29, 1.82) is 0 Å². The highest BCUT2D eigenvalue weighted by Gasteiger charge is 2.20. The summed E-state index contributed by atoms with van der Waals surface area (Å²) in [5, 5.41) is 15.3. The Morgan fingerprint density at radius 3 is 2.67 bits per heavy atom. The summed E-state index contributed by atoms with van der Waals surface area (Å²) in [5.74, 6) is 0.226. The molecular formula is C22H24FN3O. The first-order valence-corrected chi connectivity index (χ1v) is 9.40. The number of nitrogen functional groups attached to an aromatic ring is 1. The molecule has 0 bridgehead atoms. The molecule has 0 atom stereocenters. The second-order valence-corrected chi connectivity index (χ2v) is 7.44. The Labute approximate surface area is 158 Å². The van der Waals surface area contributed by atoms with E-state index in [0.29, 0.717) is 11.4 Å². The van der Waals surface area contributed by atoms with Crippen LogP contribution in [-0.4, -0.2) is 22.2 Å². The maximum atomic E-state index is 14.5. The van der Waals surface area contributed by atoms with Crippen molar-refractivity contribution in [2.24, 2.45) is 0 Å². The van der Waals surface area contributed by atoms with Crippen LogP contribution in [0.25, 0.3) is 21.9 Å². The Kier molecular flexibility index (Phi) is 4.70. The van der Waals surface area contributed by atoms with Crippen LogP contribution >= 0.6 is 0 Å². The second kappa shape index (κ2) is 7.16. The number of halogens is 1. The molecular weight excluding hydrogens is 341 g/mol. The standard InChI is InChI=1S/C22H24FN3O/c1-13-3-2-4-19(23)22(13)14-9-15-12-25-21(24)11-18(15)20(10-14)26-16-5-7-17(27)8-6-16/h2-4,9-12,16-17,26-27H,5-8H2,1H3,(H2,24,25). The number of pyridine rings is 1. The highest BCUT2D eigenvalue weighted by atomic mass is 19.1. The Morgan fingerprint density at radius 2 is 1.93 bits per heavy atom. The van der Waals surface area contributed by atoms with E-state index in [2.05, 4.69) is 10.3 Å². The zero-order valence-corrected chi connectivity index (χ0v) is 15.4. The molecule has 0 aliphatic heterocycles. The Balaban J connectivity index is 1.81. The van der Waals surface area contributed by atoms with Gasteiger partial charge < -0.3 is 16.2 Å². The fraction of sp³-hybridized carbons (Fsp3) is 0.318. The largest absolute Gasteiger partial charge is 0.393 e. The molecule has 5 heteroatoms. The molecule has 0 unspecified atom stereocenters. The lowest BCUT2D eigenvalue weighted by atomic mass is 9.92. The number of aryl methyl sites for hydroxylation is 1. The molecule has 0 radical (unpaired) electrons. The maximum Gasteiger partial charge on any atom is 0.131 e. The van der Waals surface area contributed by atoms with Crippen molar-refractivity contribution >= 4 is 22.3 Å². The van der Waals surface area contributed by atoms with Crippen molar-refractivity contribution in [3.05, 3.63) is 54.0 Å². The van der Waals surface area contributed by atoms with Crippen LogP contribution in [0.5, 0.6) is 0 Å². The van der Waals surface area contributed by atoms with Gasteiger partial charge >= 0.3 is 0 Å². The lowest BCUT2D eigenvalue weighted by Crippen LogP contribution is -2.28. The minimum Gasteiger partial charge on any atom is -0.393 e. The van der Waals surface area contributed by atoms with Crippen LogP contribution in [0.4, 0.5) is 15.9 Å². The highest BCUT2D eigenvalue weighted by Crippen LogP contribution is 2.35. The number of hydrogen-bond donors (Lipinski definition) is 3. The average molecular weight is 365 g/mol. The number of rotatable bonds is 3. The third-order valence-corrected chi connectivity index (χ3v) is 5.42. The van der Waals surface area contributed by atoms with Gasteiger partial charge in [0.25, 0.3) is 0 Å².